The van der Waals surface area contributed by atoms with Crippen LogP contribution in [-0.4, -0.2) is 23.3 Å². The molecule has 2 nitrogen and oxygen atoms in total. The van der Waals surface area contributed by atoms with Gasteiger partial charge < -0.3 is 10.4 Å². The quantitative estimate of drug-likeness (QED) is 0.728. The van der Waals surface area contributed by atoms with Gasteiger partial charge in [0.1, 0.15) is 0 Å². The number of hydrogen-bond acceptors (Lipinski definition) is 2. The number of aliphatic hydroxyl groups is 1. The predicted octanol–water partition coefficient (Wildman–Crippen LogP) is 2.32. The zero-order valence-corrected chi connectivity index (χ0v) is 9.84. The second kappa shape index (κ2) is 5.13. The molecule has 1 aliphatic carbocycles. The summed E-state index contributed by atoms with van der Waals surface area (Å²) < 4.78 is 0. The van der Waals surface area contributed by atoms with Gasteiger partial charge in [0.25, 0.3) is 0 Å². The first-order valence-corrected chi connectivity index (χ1v) is 5.99. The highest BCUT2D eigenvalue weighted by atomic mass is 16.3. The topological polar surface area (TPSA) is 32.3 Å². The Morgan fingerprint density at radius 3 is 2.21 bits per heavy atom. The molecule has 84 valence electrons. The number of rotatable bonds is 4. The van der Waals surface area contributed by atoms with Crippen molar-refractivity contribution in [2.75, 3.05) is 6.54 Å². The Labute approximate surface area is 88.1 Å². The van der Waals surface area contributed by atoms with Crippen molar-refractivity contribution in [3.8, 4) is 0 Å². The fourth-order valence-electron chi connectivity index (χ4n) is 1.97. The molecule has 1 fully saturated rings. The van der Waals surface area contributed by atoms with E-state index in [-0.39, 0.29) is 0 Å². The molecule has 14 heavy (non-hydrogen) atoms. The average Bonchev–Trinajstić information content (AvgIpc) is 2.15. The predicted molar refractivity (Wildman–Crippen MR) is 60.3 cm³/mol. The van der Waals surface area contributed by atoms with Gasteiger partial charge in [0.15, 0.2) is 0 Å². The Balaban J connectivity index is 2.28. The Kier molecular flexibility index (Phi) is 4.39. The van der Waals surface area contributed by atoms with E-state index in [1.165, 1.54) is 19.3 Å². The molecule has 0 spiro atoms. The third-order valence-corrected chi connectivity index (χ3v) is 3.54. The molecule has 0 bridgehead atoms. The Hall–Kier alpha value is -0.0800. The summed E-state index contributed by atoms with van der Waals surface area (Å²) in [5.41, 5.74) is -0.415. The van der Waals surface area contributed by atoms with E-state index >= 15 is 0 Å². The van der Waals surface area contributed by atoms with Crippen LogP contribution in [-0.2, 0) is 0 Å². The third kappa shape index (κ3) is 3.58. The Bertz CT molecular complexity index is 162. The van der Waals surface area contributed by atoms with E-state index in [1.54, 1.807) is 0 Å². The van der Waals surface area contributed by atoms with E-state index in [0.717, 1.165) is 19.4 Å². The lowest BCUT2D eigenvalue weighted by molar-refractivity contribution is 0.00199. The molecule has 2 N–H and O–H groups in total. The highest BCUT2D eigenvalue weighted by Gasteiger charge is 2.29. The minimum Gasteiger partial charge on any atom is -0.389 e. The normalized spacial score (nSPS) is 23.8. The van der Waals surface area contributed by atoms with Gasteiger partial charge in [-0.15, -0.1) is 0 Å². The molecule has 0 aromatic rings. The minimum atomic E-state index is -0.415. The maximum absolute atomic E-state index is 10.2. The second-order valence-corrected chi connectivity index (χ2v) is 5.20. The first-order chi connectivity index (χ1) is 6.53. The van der Waals surface area contributed by atoms with Gasteiger partial charge in [-0.2, -0.15) is 0 Å². The minimum absolute atomic E-state index is 0.415. The summed E-state index contributed by atoms with van der Waals surface area (Å²) in [4.78, 5) is 0. The lowest BCUT2D eigenvalue weighted by atomic mass is 9.84. The zero-order chi connectivity index (χ0) is 10.6. The summed E-state index contributed by atoms with van der Waals surface area (Å²) in [5, 5.41) is 13.7. The lowest BCUT2D eigenvalue weighted by Gasteiger charge is -2.34. The van der Waals surface area contributed by atoms with Gasteiger partial charge in [-0.25, -0.2) is 0 Å². The van der Waals surface area contributed by atoms with Gasteiger partial charge in [-0.3, -0.25) is 0 Å². The number of hydrogen-bond donors (Lipinski definition) is 2. The van der Waals surface area contributed by atoms with E-state index in [2.05, 4.69) is 26.1 Å². The molecule has 0 heterocycles. The Morgan fingerprint density at radius 2 is 1.71 bits per heavy atom. The van der Waals surface area contributed by atoms with Crippen molar-refractivity contribution in [1.82, 2.24) is 5.32 Å². The van der Waals surface area contributed by atoms with Crippen LogP contribution in [0.1, 0.15) is 52.9 Å². The van der Waals surface area contributed by atoms with E-state index < -0.39 is 5.60 Å². The van der Waals surface area contributed by atoms with Gasteiger partial charge in [-0.1, -0.05) is 33.1 Å². The summed E-state index contributed by atoms with van der Waals surface area (Å²) in [6.07, 6.45) is 5.63. The highest BCUT2D eigenvalue weighted by Crippen LogP contribution is 2.27. The standard InChI is InChI=1S/C12H25NO/c1-10(2)11(3)13-9-12(14)7-5-4-6-8-12/h10-11,13-14H,4-9H2,1-3H3/t11-/m0/s1. The Morgan fingerprint density at radius 1 is 1.14 bits per heavy atom. The van der Waals surface area contributed by atoms with Gasteiger partial charge >= 0.3 is 0 Å². The summed E-state index contributed by atoms with van der Waals surface area (Å²) in [6.45, 7) is 7.38. The van der Waals surface area contributed by atoms with Crippen molar-refractivity contribution in [2.45, 2.75) is 64.5 Å². The fourth-order valence-corrected chi connectivity index (χ4v) is 1.97. The fraction of sp³-hybridized carbons (Fsp3) is 1.00. The molecular weight excluding hydrogens is 174 g/mol. The largest absolute Gasteiger partial charge is 0.389 e. The molecule has 0 aromatic carbocycles. The van der Waals surface area contributed by atoms with Crippen LogP contribution in [0.3, 0.4) is 0 Å². The molecule has 1 saturated carbocycles. The van der Waals surface area contributed by atoms with Crippen LogP contribution in [0.25, 0.3) is 0 Å². The zero-order valence-electron chi connectivity index (χ0n) is 9.84. The maximum atomic E-state index is 10.2. The second-order valence-electron chi connectivity index (χ2n) is 5.20. The molecule has 0 aliphatic heterocycles. The molecule has 0 aromatic heterocycles. The summed E-state index contributed by atoms with van der Waals surface area (Å²) >= 11 is 0. The average molecular weight is 199 g/mol. The number of nitrogens with one attached hydrogen (secondary N) is 1. The molecule has 1 aliphatic rings. The van der Waals surface area contributed by atoms with Crippen molar-refractivity contribution in [3.63, 3.8) is 0 Å². The van der Waals surface area contributed by atoms with Crippen LogP contribution in [0.4, 0.5) is 0 Å². The van der Waals surface area contributed by atoms with Crippen molar-refractivity contribution >= 4 is 0 Å². The third-order valence-electron chi connectivity index (χ3n) is 3.54. The maximum Gasteiger partial charge on any atom is 0.0771 e. The highest BCUT2D eigenvalue weighted by molar-refractivity contribution is 4.85. The van der Waals surface area contributed by atoms with E-state index in [4.69, 9.17) is 0 Å². The van der Waals surface area contributed by atoms with E-state index in [9.17, 15) is 5.11 Å². The monoisotopic (exact) mass is 199 g/mol. The van der Waals surface area contributed by atoms with Crippen LogP contribution >= 0.6 is 0 Å². The smallest absolute Gasteiger partial charge is 0.0771 e. The van der Waals surface area contributed by atoms with Gasteiger partial charge in [-0.05, 0) is 25.7 Å². The van der Waals surface area contributed by atoms with Gasteiger partial charge in [0.05, 0.1) is 5.60 Å². The first kappa shape index (κ1) is 12.0. The van der Waals surface area contributed by atoms with Crippen molar-refractivity contribution < 1.29 is 5.11 Å². The molecular formula is C12H25NO. The van der Waals surface area contributed by atoms with E-state index in [0.29, 0.717) is 12.0 Å². The molecule has 0 saturated heterocycles. The lowest BCUT2D eigenvalue weighted by Crippen LogP contribution is -2.46. The molecule has 1 rings (SSSR count). The van der Waals surface area contributed by atoms with E-state index in [1.807, 2.05) is 0 Å². The van der Waals surface area contributed by atoms with Crippen LogP contribution in [0.15, 0.2) is 0 Å². The van der Waals surface area contributed by atoms with Crippen molar-refractivity contribution in [2.24, 2.45) is 5.92 Å². The summed E-state index contributed by atoms with van der Waals surface area (Å²) in [6, 6.07) is 0.501. The molecule has 1 atom stereocenters. The van der Waals surface area contributed by atoms with Crippen LogP contribution < -0.4 is 5.32 Å². The molecule has 0 amide bonds. The summed E-state index contributed by atoms with van der Waals surface area (Å²) in [5.74, 6) is 0.641. The first-order valence-electron chi connectivity index (χ1n) is 5.99. The van der Waals surface area contributed by atoms with Crippen LogP contribution in [0.5, 0.6) is 0 Å². The summed E-state index contributed by atoms with van der Waals surface area (Å²) in [7, 11) is 0. The van der Waals surface area contributed by atoms with Crippen molar-refractivity contribution in [3.05, 3.63) is 0 Å². The molecule has 0 unspecified atom stereocenters. The van der Waals surface area contributed by atoms with Crippen LogP contribution in [0.2, 0.25) is 0 Å². The SMILES string of the molecule is CC(C)[C@H](C)NCC1(O)CCCCC1. The molecule has 0 radical (unpaired) electrons. The molecule has 2 heteroatoms. The van der Waals surface area contributed by atoms with Gasteiger partial charge in [0, 0.05) is 12.6 Å². The van der Waals surface area contributed by atoms with Gasteiger partial charge in [0.2, 0.25) is 0 Å². The van der Waals surface area contributed by atoms with Crippen molar-refractivity contribution in [1.29, 1.82) is 0 Å². The van der Waals surface area contributed by atoms with Crippen LogP contribution in [0, 0.1) is 5.92 Å².